The van der Waals surface area contributed by atoms with Crippen molar-refractivity contribution in [2.45, 2.75) is 18.9 Å². The third-order valence-corrected chi connectivity index (χ3v) is 4.14. The summed E-state index contributed by atoms with van der Waals surface area (Å²) in [5, 5.41) is 0. The fourth-order valence-corrected chi connectivity index (χ4v) is 3.06. The summed E-state index contributed by atoms with van der Waals surface area (Å²) in [6.07, 6.45) is 1.64. The minimum Gasteiger partial charge on any atom is -0.292 e. The van der Waals surface area contributed by atoms with Crippen LogP contribution in [0, 0.1) is 29.1 Å². The zero-order chi connectivity index (χ0) is 16.6. The van der Waals surface area contributed by atoms with Gasteiger partial charge in [-0.1, -0.05) is 30.3 Å². The van der Waals surface area contributed by atoms with Crippen LogP contribution in [0.3, 0.4) is 0 Å². The Balaban J connectivity index is 2.22. The van der Waals surface area contributed by atoms with Gasteiger partial charge in [-0.05, 0) is 31.5 Å². The van der Waals surface area contributed by atoms with Crippen LogP contribution in [-0.2, 0) is 0 Å². The maximum absolute atomic E-state index is 14.2. The molecule has 1 heterocycles. The molecule has 0 saturated carbocycles. The third kappa shape index (κ3) is 2.72. The molecule has 1 saturated heterocycles. The predicted molar refractivity (Wildman–Crippen MR) is 75.3 cm³/mol. The molecule has 122 valence electrons. The van der Waals surface area contributed by atoms with Gasteiger partial charge >= 0.3 is 0 Å². The highest BCUT2D eigenvalue weighted by atomic mass is 19.2. The zero-order valence-electron chi connectivity index (χ0n) is 12.1. The van der Waals surface area contributed by atoms with E-state index >= 15 is 0 Å². The molecule has 1 aliphatic rings. The van der Waals surface area contributed by atoms with E-state index in [2.05, 4.69) is 0 Å². The van der Waals surface area contributed by atoms with Gasteiger partial charge in [0.05, 0.1) is 11.6 Å². The molecule has 2 aromatic carbocycles. The van der Waals surface area contributed by atoms with Crippen molar-refractivity contribution in [1.82, 2.24) is 4.90 Å². The van der Waals surface area contributed by atoms with Gasteiger partial charge in [0.15, 0.2) is 23.3 Å². The first-order valence-corrected chi connectivity index (χ1v) is 7.32. The highest BCUT2D eigenvalue weighted by Gasteiger charge is 2.35. The smallest absolute Gasteiger partial charge is 0.200 e. The van der Waals surface area contributed by atoms with E-state index in [1.807, 2.05) is 0 Å². The van der Waals surface area contributed by atoms with Crippen molar-refractivity contribution >= 4 is 0 Å². The molecule has 0 radical (unpaired) electrons. The lowest BCUT2D eigenvalue weighted by atomic mass is 9.95. The summed E-state index contributed by atoms with van der Waals surface area (Å²) in [6, 6.07) is 7.32. The Bertz CT molecular complexity index is 682. The van der Waals surface area contributed by atoms with Crippen molar-refractivity contribution in [3.05, 3.63) is 70.5 Å². The third-order valence-electron chi connectivity index (χ3n) is 4.14. The molecule has 0 spiro atoms. The van der Waals surface area contributed by atoms with Crippen LogP contribution >= 0.6 is 0 Å². The topological polar surface area (TPSA) is 3.24 Å². The lowest BCUT2D eigenvalue weighted by molar-refractivity contribution is 0.259. The van der Waals surface area contributed by atoms with Crippen LogP contribution in [0.15, 0.2) is 30.3 Å². The second kappa shape index (κ2) is 6.28. The first-order chi connectivity index (χ1) is 11.0. The molecule has 1 fully saturated rings. The Morgan fingerprint density at radius 3 is 1.70 bits per heavy atom. The van der Waals surface area contributed by atoms with Gasteiger partial charge in [-0.2, -0.15) is 0 Å². The van der Waals surface area contributed by atoms with Crippen molar-refractivity contribution in [1.29, 1.82) is 0 Å². The van der Waals surface area contributed by atoms with Gasteiger partial charge in [0, 0.05) is 0 Å². The van der Waals surface area contributed by atoms with Crippen LogP contribution in [0.2, 0.25) is 0 Å². The minimum absolute atomic E-state index is 0.498. The fourth-order valence-electron chi connectivity index (χ4n) is 3.06. The molecule has 0 bridgehead atoms. The summed E-state index contributed by atoms with van der Waals surface area (Å²) in [5.74, 6) is -9.46. The van der Waals surface area contributed by atoms with E-state index in [4.69, 9.17) is 0 Å². The first-order valence-electron chi connectivity index (χ1n) is 7.32. The molecule has 1 aliphatic heterocycles. The van der Waals surface area contributed by atoms with Crippen LogP contribution in [0.25, 0.3) is 0 Å². The van der Waals surface area contributed by atoms with Gasteiger partial charge in [0.25, 0.3) is 0 Å². The summed E-state index contributed by atoms with van der Waals surface area (Å²) in [5.41, 5.74) is -0.285. The van der Waals surface area contributed by atoms with Crippen molar-refractivity contribution in [2.75, 3.05) is 13.1 Å². The molecule has 23 heavy (non-hydrogen) atoms. The second-order valence-electron chi connectivity index (χ2n) is 5.54. The van der Waals surface area contributed by atoms with Gasteiger partial charge in [-0.15, -0.1) is 0 Å². The monoisotopic (exact) mass is 327 g/mol. The molecule has 0 aromatic heterocycles. The first kappa shape index (κ1) is 15.9. The van der Waals surface area contributed by atoms with E-state index in [-0.39, 0.29) is 0 Å². The molecule has 0 aliphatic carbocycles. The van der Waals surface area contributed by atoms with Gasteiger partial charge in [-0.25, -0.2) is 22.0 Å². The molecule has 2 aromatic rings. The Kier molecular flexibility index (Phi) is 4.35. The number of rotatable bonds is 3. The molecular weight excluding hydrogens is 313 g/mol. The number of nitrogens with zero attached hydrogens (tertiary/aromatic N) is 1. The molecule has 3 rings (SSSR count). The van der Waals surface area contributed by atoms with Crippen molar-refractivity contribution in [3.63, 3.8) is 0 Å². The van der Waals surface area contributed by atoms with Crippen LogP contribution in [0.5, 0.6) is 0 Å². The number of benzene rings is 2. The van der Waals surface area contributed by atoms with E-state index in [1.54, 1.807) is 35.2 Å². The molecule has 0 N–H and O–H groups in total. The van der Waals surface area contributed by atoms with E-state index in [9.17, 15) is 22.0 Å². The molecule has 1 unspecified atom stereocenters. The Labute approximate surface area is 130 Å². The van der Waals surface area contributed by atoms with E-state index in [0.717, 1.165) is 12.8 Å². The van der Waals surface area contributed by atoms with Crippen LogP contribution < -0.4 is 0 Å². The van der Waals surface area contributed by atoms with E-state index in [1.165, 1.54) is 0 Å². The summed E-state index contributed by atoms with van der Waals surface area (Å²) in [6.45, 7) is 1.08. The summed E-state index contributed by atoms with van der Waals surface area (Å²) in [4.78, 5) is 1.74. The summed E-state index contributed by atoms with van der Waals surface area (Å²) in [7, 11) is 0. The number of halogens is 5. The van der Waals surface area contributed by atoms with Crippen molar-refractivity contribution in [2.24, 2.45) is 0 Å². The normalized spacial score (nSPS) is 16.7. The van der Waals surface area contributed by atoms with Crippen molar-refractivity contribution < 1.29 is 22.0 Å². The molecular formula is C17H14F5N. The van der Waals surface area contributed by atoms with Crippen LogP contribution in [0.1, 0.15) is 30.0 Å². The number of hydrogen-bond donors (Lipinski definition) is 0. The highest BCUT2D eigenvalue weighted by molar-refractivity contribution is 5.35. The maximum Gasteiger partial charge on any atom is 0.200 e. The lowest BCUT2D eigenvalue weighted by Gasteiger charge is -2.29. The van der Waals surface area contributed by atoms with E-state index in [0.29, 0.717) is 18.7 Å². The molecule has 1 nitrogen and oxygen atoms in total. The van der Waals surface area contributed by atoms with Crippen LogP contribution in [-0.4, -0.2) is 18.0 Å². The maximum atomic E-state index is 14.2. The Morgan fingerprint density at radius 2 is 1.17 bits per heavy atom. The quantitative estimate of drug-likeness (QED) is 0.453. The fraction of sp³-hybridized carbons (Fsp3) is 0.294. The van der Waals surface area contributed by atoms with Gasteiger partial charge in [0.1, 0.15) is 0 Å². The van der Waals surface area contributed by atoms with Gasteiger partial charge in [-0.3, -0.25) is 4.90 Å². The van der Waals surface area contributed by atoms with Crippen LogP contribution in [0.4, 0.5) is 22.0 Å². The van der Waals surface area contributed by atoms with Gasteiger partial charge < -0.3 is 0 Å². The minimum atomic E-state index is -2.13. The number of likely N-dealkylation sites (tertiary alicyclic amines) is 1. The number of hydrogen-bond acceptors (Lipinski definition) is 1. The van der Waals surface area contributed by atoms with Crippen molar-refractivity contribution in [3.8, 4) is 0 Å². The standard InChI is InChI=1S/C17H14F5N/c18-12-11(13(19)15(21)16(22)14(12)20)17(23-8-4-5-9-23)10-6-2-1-3-7-10/h1-3,6-7,17H,4-5,8-9H2. The Hall–Kier alpha value is -1.95. The summed E-state index contributed by atoms with van der Waals surface area (Å²) >= 11 is 0. The lowest BCUT2D eigenvalue weighted by Crippen LogP contribution is -2.29. The second-order valence-corrected chi connectivity index (χ2v) is 5.54. The summed E-state index contributed by atoms with van der Waals surface area (Å²) < 4.78 is 69.0. The van der Waals surface area contributed by atoms with Gasteiger partial charge in [0.2, 0.25) is 5.82 Å². The predicted octanol–water partition coefficient (Wildman–Crippen LogP) is 4.57. The Morgan fingerprint density at radius 1 is 0.696 bits per heavy atom. The molecule has 6 heteroatoms. The SMILES string of the molecule is Fc1c(F)c(F)c(C(c2ccccc2)N2CCCC2)c(F)c1F. The highest BCUT2D eigenvalue weighted by Crippen LogP contribution is 2.36. The average Bonchev–Trinajstić information content (AvgIpc) is 3.10. The largest absolute Gasteiger partial charge is 0.292 e. The molecule has 1 atom stereocenters. The zero-order valence-corrected chi connectivity index (χ0v) is 12.1. The average molecular weight is 327 g/mol. The van der Waals surface area contributed by atoms with E-state index < -0.39 is 40.7 Å². The molecule has 0 amide bonds.